The van der Waals surface area contributed by atoms with Gasteiger partial charge in [0.1, 0.15) is 5.65 Å². The predicted molar refractivity (Wildman–Crippen MR) is 82.2 cm³/mol. The molecule has 1 fully saturated rings. The van der Waals surface area contributed by atoms with Gasteiger partial charge in [-0.3, -0.25) is 4.79 Å². The zero-order valence-electron chi connectivity index (χ0n) is 10.9. The molecule has 4 nitrogen and oxygen atoms in total. The maximum absolute atomic E-state index is 12.1. The molecule has 0 amide bonds. The van der Waals surface area contributed by atoms with Gasteiger partial charge in [0.2, 0.25) is 0 Å². The van der Waals surface area contributed by atoms with Crippen molar-refractivity contribution < 1.29 is 0 Å². The molecule has 2 aromatic heterocycles. The van der Waals surface area contributed by atoms with E-state index < -0.39 is 0 Å². The summed E-state index contributed by atoms with van der Waals surface area (Å²) in [4.78, 5) is 15.0. The average molecular weight is 332 g/mol. The van der Waals surface area contributed by atoms with Crippen molar-refractivity contribution in [3.05, 3.63) is 44.8 Å². The van der Waals surface area contributed by atoms with Crippen LogP contribution in [0.4, 0.5) is 0 Å². The fraction of sp³-hybridized carbons (Fsp3) is 0.333. The summed E-state index contributed by atoms with van der Waals surface area (Å²) in [6.07, 6.45) is 4.97. The molecule has 2 heterocycles. The number of aromatic nitrogens is 3. The summed E-state index contributed by atoms with van der Waals surface area (Å²) in [5.41, 5.74) is 2.67. The van der Waals surface area contributed by atoms with Gasteiger partial charge in [0, 0.05) is 16.5 Å². The van der Waals surface area contributed by atoms with Crippen molar-refractivity contribution in [1.29, 1.82) is 0 Å². The van der Waals surface area contributed by atoms with Crippen LogP contribution < -0.4 is 5.56 Å². The Kier molecular flexibility index (Phi) is 2.70. The number of aromatic amines is 1. The number of hydrogen-bond donors (Lipinski definition) is 1. The van der Waals surface area contributed by atoms with E-state index in [2.05, 4.69) is 20.9 Å². The van der Waals surface area contributed by atoms with Crippen LogP contribution in [0.2, 0.25) is 0 Å². The second-order valence-electron chi connectivity index (χ2n) is 5.46. The molecule has 0 atom stereocenters. The maximum Gasteiger partial charge on any atom is 0.259 e. The predicted octanol–water partition coefficient (Wildman–Crippen LogP) is 3.60. The van der Waals surface area contributed by atoms with Crippen LogP contribution >= 0.6 is 15.9 Å². The molecule has 4 rings (SSSR count). The molecule has 5 heteroatoms. The molecule has 0 unspecified atom stereocenters. The number of H-pyrrole nitrogens is 1. The molecule has 1 aromatic carbocycles. The van der Waals surface area contributed by atoms with Gasteiger partial charge in [-0.05, 0) is 31.0 Å². The average Bonchev–Trinajstić information content (AvgIpc) is 3.06. The van der Waals surface area contributed by atoms with Gasteiger partial charge in [-0.15, -0.1) is 0 Å². The summed E-state index contributed by atoms with van der Waals surface area (Å²) >= 11 is 3.46. The maximum atomic E-state index is 12.1. The van der Waals surface area contributed by atoms with Crippen molar-refractivity contribution >= 4 is 32.5 Å². The summed E-state index contributed by atoms with van der Waals surface area (Å²) in [7, 11) is 0. The molecule has 102 valence electrons. The van der Waals surface area contributed by atoms with Gasteiger partial charge >= 0.3 is 0 Å². The lowest BCUT2D eigenvalue weighted by atomic mass is 10.1. The van der Waals surface area contributed by atoms with E-state index in [1.807, 2.05) is 28.8 Å². The monoisotopic (exact) mass is 331 g/mol. The summed E-state index contributed by atoms with van der Waals surface area (Å²) in [5, 5.41) is 5.40. The van der Waals surface area contributed by atoms with Gasteiger partial charge < -0.3 is 4.98 Å². The Morgan fingerprint density at radius 2 is 2.05 bits per heavy atom. The standard InChI is InChI=1S/C15H14BrN3O/c16-10-5-6-11-13(7-10)19-14(17-15(11)20)8-12(18-19)9-3-1-2-4-9/h5-9H,1-4H2,(H,17,20). The van der Waals surface area contributed by atoms with Gasteiger partial charge in [0.25, 0.3) is 5.56 Å². The van der Waals surface area contributed by atoms with Crippen LogP contribution in [0.15, 0.2) is 33.5 Å². The zero-order chi connectivity index (χ0) is 13.7. The Hall–Kier alpha value is -1.62. The van der Waals surface area contributed by atoms with Crippen molar-refractivity contribution in [2.45, 2.75) is 31.6 Å². The first-order valence-electron chi connectivity index (χ1n) is 6.93. The highest BCUT2D eigenvalue weighted by atomic mass is 79.9. The minimum Gasteiger partial charge on any atom is -0.306 e. The topological polar surface area (TPSA) is 50.2 Å². The molecule has 0 aliphatic heterocycles. The van der Waals surface area contributed by atoms with Crippen LogP contribution in [-0.2, 0) is 0 Å². The van der Waals surface area contributed by atoms with Gasteiger partial charge in [0.05, 0.1) is 16.6 Å². The van der Waals surface area contributed by atoms with E-state index in [1.54, 1.807) is 0 Å². The molecule has 1 saturated carbocycles. The summed E-state index contributed by atoms with van der Waals surface area (Å²) < 4.78 is 2.81. The molecule has 0 radical (unpaired) electrons. The Morgan fingerprint density at radius 3 is 2.85 bits per heavy atom. The lowest BCUT2D eigenvalue weighted by molar-refractivity contribution is 0.687. The number of benzene rings is 1. The summed E-state index contributed by atoms with van der Waals surface area (Å²) in [6, 6.07) is 7.68. The van der Waals surface area contributed by atoms with Gasteiger partial charge in [-0.2, -0.15) is 5.10 Å². The number of nitrogens with zero attached hydrogens (tertiary/aromatic N) is 2. The lowest BCUT2D eigenvalue weighted by Crippen LogP contribution is -2.09. The van der Waals surface area contributed by atoms with Gasteiger partial charge in [-0.1, -0.05) is 28.8 Å². The first kappa shape index (κ1) is 12.1. The molecular weight excluding hydrogens is 318 g/mol. The summed E-state index contributed by atoms with van der Waals surface area (Å²) in [6.45, 7) is 0. The molecule has 3 aromatic rings. The van der Waals surface area contributed by atoms with Gasteiger partial charge in [-0.25, -0.2) is 4.52 Å². The fourth-order valence-electron chi connectivity index (χ4n) is 3.15. The number of fused-ring (bicyclic) bond motifs is 3. The second kappa shape index (κ2) is 4.45. The number of halogens is 1. The molecule has 20 heavy (non-hydrogen) atoms. The van der Waals surface area contributed by atoms with Crippen LogP contribution in [0.25, 0.3) is 16.6 Å². The number of hydrogen-bond acceptors (Lipinski definition) is 2. The quantitative estimate of drug-likeness (QED) is 0.740. The van der Waals surface area contributed by atoms with Gasteiger partial charge in [0.15, 0.2) is 0 Å². The van der Waals surface area contributed by atoms with E-state index in [9.17, 15) is 4.79 Å². The lowest BCUT2D eigenvalue weighted by Gasteiger charge is -2.03. The van der Waals surface area contributed by atoms with E-state index >= 15 is 0 Å². The Balaban J connectivity index is 2.03. The van der Waals surface area contributed by atoms with E-state index in [-0.39, 0.29) is 5.56 Å². The molecule has 1 aliphatic carbocycles. The highest BCUT2D eigenvalue weighted by molar-refractivity contribution is 9.10. The smallest absolute Gasteiger partial charge is 0.259 e. The van der Waals surface area contributed by atoms with Crippen molar-refractivity contribution in [3.8, 4) is 0 Å². The van der Waals surface area contributed by atoms with E-state index in [4.69, 9.17) is 5.10 Å². The molecule has 1 N–H and O–H groups in total. The Bertz CT molecular complexity index is 859. The molecular formula is C15H14BrN3O. The SMILES string of the molecule is O=c1[nH]c2cc(C3CCCC3)nn2c2cc(Br)ccc12. The fourth-order valence-corrected chi connectivity index (χ4v) is 3.50. The highest BCUT2D eigenvalue weighted by Gasteiger charge is 2.20. The first-order chi connectivity index (χ1) is 9.72. The third-order valence-corrected chi connectivity index (χ3v) is 4.67. The molecule has 0 bridgehead atoms. The van der Waals surface area contributed by atoms with Crippen LogP contribution in [0, 0.1) is 0 Å². The molecule has 0 saturated heterocycles. The number of nitrogens with one attached hydrogen (secondary N) is 1. The molecule has 1 aliphatic rings. The summed E-state index contributed by atoms with van der Waals surface area (Å²) in [5.74, 6) is 0.542. The first-order valence-corrected chi connectivity index (χ1v) is 7.73. The molecule has 0 spiro atoms. The Labute approximate surface area is 123 Å². The minimum atomic E-state index is -0.0575. The van der Waals surface area contributed by atoms with Crippen molar-refractivity contribution in [2.75, 3.05) is 0 Å². The van der Waals surface area contributed by atoms with E-state index in [1.165, 1.54) is 25.7 Å². The van der Waals surface area contributed by atoms with Crippen molar-refractivity contribution in [3.63, 3.8) is 0 Å². The number of rotatable bonds is 1. The van der Waals surface area contributed by atoms with Crippen LogP contribution in [-0.4, -0.2) is 14.6 Å². The van der Waals surface area contributed by atoms with Crippen LogP contribution in [0.5, 0.6) is 0 Å². The second-order valence-corrected chi connectivity index (χ2v) is 6.38. The van der Waals surface area contributed by atoms with Crippen LogP contribution in [0.1, 0.15) is 37.3 Å². The highest BCUT2D eigenvalue weighted by Crippen LogP contribution is 2.33. The van der Waals surface area contributed by atoms with E-state index in [0.717, 1.165) is 21.3 Å². The van der Waals surface area contributed by atoms with Crippen molar-refractivity contribution in [1.82, 2.24) is 14.6 Å². The third-order valence-electron chi connectivity index (χ3n) is 4.18. The van der Waals surface area contributed by atoms with Crippen molar-refractivity contribution in [2.24, 2.45) is 0 Å². The minimum absolute atomic E-state index is 0.0575. The Morgan fingerprint density at radius 1 is 1.25 bits per heavy atom. The zero-order valence-corrected chi connectivity index (χ0v) is 12.5. The normalized spacial score (nSPS) is 16.4. The third kappa shape index (κ3) is 1.80. The van der Waals surface area contributed by atoms with Crippen LogP contribution in [0.3, 0.4) is 0 Å². The largest absolute Gasteiger partial charge is 0.306 e. The van der Waals surface area contributed by atoms with E-state index in [0.29, 0.717) is 11.3 Å².